The summed E-state index contributed by atoms with van der Waals surface area (Å²) in [5, 5.41) is 0. The number of piperidine rings is 1. The first-order chi connectivity index (χ1) is 9.06. The van der Waals surface area contributed by atoms with Gasteiger partial charge in [-0.3, -0.25) is 9.59 Å². The molecule has 4 heteroatoms. The first-order valence-corrected chi connectivity index (χ1v) is 7.39. The second-order valence-corrected chi connectivity index (χ2v) is 6.06. The van der Waals surface area contributed by atoms with E-state index in [1.807, 2.05) is 6.92 Å². The first-order valence-electron chi connectivity index (χ1n) is 7.39. The van der Waals surface area contributed by atoms with Gasteiger partial charge in [0.1, 0.15) is 0 Å². The number of carbonyl (C=O) groups is 2. The Kier molecular flexibility index (Phi) is 4.48. The second-order valence-electron chi connectivity index (χ2n) is 6.06. The molecule has 1 aliphatic carbocycles. The number of methoxy groups -OCH3 is 1. The highest BCUT2D eigenvalue weighted by atomic mass is 16.5. The van der Waals surface area contributed by atoms with Gasteiger partial charge in [0.25, 0.3) is 0 Å². The SMILES string of the molecule is COC(=O)C1C(C)N(C)C(=O)C[C@H]1C1CCCCC1. The van der Waals surface area contributed by atoms with E-state index < -0.39 is 0 Å². The zero-order chi connectivity index (χ0) is 14.0. The van der Waals surface area contributed by atoms with E-state index in [4.69, 9.17) is 4.74 Å². The Bertz CT molecular complexity index is 349. The van der Waals surface area contributed by atoms with Crippen LogP contribution >= 0.6 is 0 Å². The van der Waals surface area contributed by atoms with Gasteiger partial charge in [0.15, 0.2) is 0 Å². The second kappa shape index (κ2) is 5.93. The van der Waals surface area contributed by atoms with Crippen LogP contribution in [0.2, 0.25) is 0 Å². The van der Waals surface area contributed by atoms with Crippen molar-refractivity contribution < 1.29 is 14.3 Å². The molecule has 0 aromatic rings. The smallest absolute Gasteiger partial charge is 0.311 e. The van der Waals surface area contributed by atoms with Crippen LogP contribution in [0, 0.1) is 17.8 Å². The molecule has 19 heavy (non-hydrogen) atoms. The first kappa shape index (κ1) is 14.4. The van der Waals surface area contributed by atoms with Crippen molar-refractivity contribution >= 4 is 11.9 Å². The van der Waals surface area contributed by atoms with Gasteiger partial charge < -0.3 is 9.64 Å². The van der Waals surface area contributed by atoms with Crippen molar-refractivity contribution in [1.29, 1.82) is 0 Å². The van der Waals surface area contributed by atoms with Crippen LogP contribution in [-0.2, 0) is 14.3 Å². The zero-order valence-electron chi connectivity index (χ0n) is 12.2. The number of likely N-dealkylation sites (tertiary alicyclic amines) is 1. The number of rotatable bonds is 2. The zero-order valence-corrected chi connectivity index (χ0v) is 12.2. The number of esters is 1. The third kappa shape index (κ3) is 2.77. The molecule has 0 N–H and O–H groups in total. The van der Waals surface area contributed by atoms with Crippen molar-refractivity contribution in [2.45, 2.75) is 51.5 Å². The van der Waals surface area contributed by atoms with Gasteiger partial charge in [-0.2, -0.15) is 0 Å². The fourth-order valence-electron chi connectivity index (χ4n) is 3.83. The van der Waals surface area contributed by atoms with Crippen LogP contribution in [0.1, 0.15) is 45.4 Å². The predicted octanol–water partition coefficient (Wildman–Crippen LogP) is 2.22. The molecule has 1 saturated carbocycles. The van der Waals surface area contributed by atoms with E-state index in [1.165, 1.54) is 26.4 Å². The van der Waals surface area contributed by atoms with Gasteiger partial charge >= 0.3 is 5.97 Å². The van der Waals surface area contributed by atoms with Crippen molar-refractivity contribution in [3.05, 3.63) is 0 Å². The number of carbonyl (C=O) groups excluding carboxylic acids is 2. The van der Waals surface area contributed by atoms with Crippen LogP contribution in [0.5, 0.6) is 0 Å². The quantitative estimate of drug-likeness (QED) is 0.721. The molecule has 2 fully saturated rings. The lowest BCUT2D eigenvalue weighted by Gasteiger charge is -2.44. The largest absolute Gasteiger partial charge is 0.469 e. The number of hydrogen-bond acceptors (Lipinski definition) is 3. The molecule has 0 radical (unpaired) electrons. The molecule has 0 bridgehead atoms. The molecule has 3 atom stereocenters. The molecule has 1 saturated heterocycles. The normalized spacial score (nSPS) is 33.3. The van der Waals surface area contributed by atoms with E-state index >= 15 is 0 Å². The summed E-state index contributed by atoms with van der Waals surface area (Å²) in [6.45, 7) is 1.97. The highest BCUT2D eigenvalue weighted by Gasteiger charge is 2.45. The molecule has 0 spiro atoms. The van der Waals surface area contributed by atoms with E-state index in [2.05, 4.69) is 0 Å². The fourth-order valence-corrected chi connectivity index (χ4v) is 3.83. The highest BCUT2D eigenvalue weighted by Crippen LogP contribution is 2.41. The Labute approximate surface area is 115 Å². The molecule has 1 heterocycles. The lowest BCUT2D eigenvalue weighted by atomic mass is 9.68. The van der Waals surface area contributed by atoms with Gasteiger partial charge in [0, 0.05) is 19.5 Å². The molecule has 1 aliphatic heterocycles. The van der Waals surface area contributed by atoms with Crippen molar-refractivity contribution in [1.82, 2.24) is 4.90 Å². The molecular weight excluding hydrogens is 242 g/mol. The van der Waals surface area contributed by atoms with E-state index in [0.29, 0.717) is 12.3 Å². The summed E-state index contributed by atoms with van der Waals surface area (Å²) in [6, 6.07) is -0.0550. The van der Waals surface area contributed by atoms with Crippen LogP contribution in [0.3, 0.4) is 0 Å². The molecule has 4 nitrogen and oxygen atoms in total. The van der Waals surface area contributed by atoms with Crippen LogP contribution in [0.4, 0.5) is 0 Å². The minimum atomic E-state index is -0.157. The van der Waals surface area contributed by atoms with Crippen molar-refractivity contribution in [2.24, 2.45) is 17.8 Å². The predicted molar refractivity (Wildman–Crippen MR) is 72.4 cm³/mol. The molecule has 108 valence electrons. The molecule has 1 amide bonds. The Morgan fingerprint density at radius 3 is 2.47 bits per heavy atom. The third-order valence-corrected chi connectivity index (χ3v) is 5.12. The minimum Gasteiger partial charge on any atom is -0.469 e. The fraction of sp³-hybridized carbons (Fsp3) is 0.867. The van der Waals surface area contributed by atoms with E-state index in [9.17, 15) is 9.59 Å². The summed E-state index contributed by atoms with van der Waals surface area (Å²) < 4.78 is 4.99. The van der Waals surface area contributed by atoms with E-state index in [-0.39, 0.29) is 29.8 Å². The molecule has 2 aliphatic rings. The van der Waals surface area contributed by atoms with Gasteiger partial charge in [-0.25, -0.2) is 0 Å². The molecule has 0 aromatic carbocycles. The van der Waals surface area contributed by atoms with Gasteiger partial charge in [-0.05, 0) is 18.8 Å². The highest BCUT2D eigenvalue weighted by molar-refractivity contribution is 5.82. The average Bonchev–Trinajstić information content (AvgIpc) is 2.44. The Morgan fingerprint density at radius 1 is 1.26 bits per heavy atom. The number of hydrogen-bond donors (Lipinski definition) is 0. The molecule has 2 unspecified atom stereocenters. The van der Waals surface area contributed by atoms with Crippen LogP contribution in [0.25, 0.3) is 0 Å². The average molecular weight is 267 g/mol. The van der Waals surface area contributed by atoms with Crippen LogP contribution < -0.4 is 0 Å². The number of ether oxygens (including phenoxy) is 1. The van der Waals surface area contributed by atoms with Crippen molar-refractivity contribution in [3.8, 4) is 0 Å². The van der Waals surface area contributed by atoms with Crippen LogP contribution in [0.15, 0.2) is 0 Å². The Balaban J connectivity index is 2.20. The topological polar surface area (TPSA) is 46.6 Å². The Hall–Kier alpha value is -1.06. The number of nitrogens with zero attached hydrogens (tertiary/aromatic N) is 1. The number of amides is 1. The maximum absolute atomic E-state index is 12.1. The molecular formula is C15H25NO3. The summed E-state index contributed by atoms with van der Waals surface area (Å²) in [6.07, 6.45) is 6.56. The van der Waals surface area contributed by atoms with E-state index in [1.54, 1.807) is 11.9 Å². The Morgan fingerprint density at radius 2 is 1.89 bits per heavy atom. The molecule has 2 rings (SSSR count). The van der Waals surface area contributed by atoms with Gasteiger partial charge in [-0.15, -0.1) is 0 Å². The molecule has 0 aromatic heterocycles. The summed E-state index contributed by atoms with van der Waals surface area (Å²) in [7, 11) is 3.24. The summed E-state index contributed by atoms with van der Waals surface area (Å²) in [4.78, 5) is 25.9. The van der Waals surface area contributed by atoms with E-state index in [0.717, 1.165) is 12.8 Å². The minimum absolute atomic E-state index is 0.0550. The summed E-state index contributed by atoms with van der Waals surface area (Å²) >= 11 is 0. The van der Waals surface area contributed by atoms with Gasteiger partial charge in [-0.1, -0.05) is 32.1 Å². The van der Waals surface area contributed by atoms with Crippen molar-refractivity contribution in [3.63, 3.8) is 0 Å². The summed E-state index contributed by atoms with van der Waals surface area (Å²) in [5.41, 5.74) is 0. The lowest BCUT2D eigenvalue weighted by molar-refractivity contribution is -0.159. The van der Waals surface area contributed by atoms with Gasteiger partial charge in [0.2, 0.25) is 5.91 Å². The standard InChI is InChI=1S/C15H25NO3/c1-10-14(15(18)19-3)12(9-13(17)16(10)2)11-7-5-4-6-8-11/h10-12,14H,4-9H2,1-3H3/t10?,12-,14?/m0/s1. The monoisotopic (exact) mass is 267 g/mol. The lowest BCUT2D eigenvalue weighted by Crippen LogP contribution is -2.53. The maximum Gasteiger partial charge on any atom is 0.311 e. The van der Waals surface area contributed by atoms with Gasteiger partial charge in [0.05, 0.1) is 13.0 Å². The van der Waals surface area contributed by atoms with Crippen molar-refractivity contribution in [2.75, 3.05) is 14.2 Å². The summed E-state index contributed by atoms with van der Waals surface area (Å²) in [5.74, 6) is 0.547. The van der Waals surface area contributed by atoms with Crippen LogP contribution in [-0.4, -0.2) is 37.0 Å². The maximum atomic E-state index is 12.1. The third-order valence-electron chi connectivity index (χ3n) is 5.12.